The lowest BCUT2D eigenvalue weighted by molar-refractivity contribution is -0.193. The normalized spacial score (nSPS) is 17.5. The van der Waals surface area contributed by atoms with Crippen molar-refractivity contribution in [2.24, 2.45) is 0 Å². The summed E-state index contributed by atoms with van der Waals surface area (Å²) in [5.74, 6) is -9.59. The van der Waals surface area contributed by atoms with Crippen LogP contribution in [0.3, 0.4) is 0 Å². The number of carboxylic acids is 3. The number of likely N-dealkylation sites (N-methyl/N-ethyl adjacent to an activating group) is 1. The molecule has 358 valence electrons. The summed E-state index contributed by atoms with van der Waals surface area (Å²) in [4.78, 5) is 49.8. The molecule has 0 atom stereocenters. The Bertz CT molecular complexity index is 2200. The Hall–Kier alpha value is -6.35. The molecule has 0 bridgehead atoms. The SMILES string of the molecule is CN(CCO)Cc1cc(OC2CCC(N3CC(CC#N)(n4cc(-c5ncnc6[nH]ccc56)cn4)C3)CC2)nc(C(F)(F)F)n1.O=C(O)C(F)(F)F.O=C(O)C(F)(F)F.O=C(O)C(F)(F)F. The van der Waals surface area contributed by atoms with Crippen LogP contribution in [0, 0.1) is 11.3 Å². The largest absolute Gasteiger partial charge is 0.490 e. The Balaban J connectivity index is 0.000000443. The monoisotopic (exact) mass is 952 g/mol. The lowest BCUT2D eigenvalue weighted by Gasteiger charge is -2.53. The van der Waals surface area contributed by atoms with Gasteiger partial charge in [-0.3, -0.25) is 14.5 Å². The van der Waals surface area contributed by atoms with E-state index in [0.717, 1.165) is 35.1 Å². The molecule has 30 heteroatoms. The van der Waals surface area contributed by atoms with Crippen molar-refractivity contribution in [3.63, 3.8) is 0 Å². The van der Waals surface area contributed by atoms with E-state index in [9.17, 15) is 57.9 Å². The Morgan fingerprint density at radius 3 is 1.95 bits per heavy atom. The van der Waals surface area contributed by atoms with Gasteiger partial charge in [-0.05, 0) is 38.8 Å². The van der Waals surface area contributed by atoms with E-state index < -0.39 is 54.0 Å². The van der Waals surface area contributed by atoms with Crippen molar-refractivity contribution in [3.05, 3.63) is 48.6 Å². The molecule has 2 aliphatic rings. The summed E-state index contributed by atoms with van der Waals surface area (Å²) in [6.45, 7) is 1.66. The van der Waals surface area contributed by atoms with Gasteiger partial charge in [0.25, 0.3) is 0 Å². The number of hydrogen-bond acceptors (Lipinski definition) is 13. The van der Waals surface area contributed by atoms with Crippen LogP contribution in [0.2, 0.25) is 0 Å². The molecule has 1 saturated heterocycles. The molecule has 6 rings (SSSR count). The fourth-order valence-corrected chi connectivity index (χ4v) is 6.23. The maximum atomic E-state index is 13.5. The standard InChI is InChI=1S/C29H33F3N10O2.3C2HF3O2/c1-40(10-11-43)15-20-12-24(39-27(38-20)29(30,31)32)44-22-4-2-21(3-5-22)41-16-28(17-41,7-8-33)42-14-19(13-37-42)25-23-6-9-34-26(23)36-18-35-25;3*3-2(4,5)1(6)7/h6,9,12-14,18,21-22,43H,2-5,7,10-11,15-17H2,1H3,(H,34,35,36);3*(H,6,7). The Morgan fingerprint density at radius 1 is 0.908 bits per heavy atom. The summed E-state index contributed by atoms with van der Waals surface area (Å²) < 4.78 is 144. The first-order valence-electron chi connectivity index (χ1n) is 18.3. The summed E-state index contributed by atoms with van der Waals surface area (Å²) >= 11 is 0. The van der Waals surface area contributed by atoms with Gasteiger partial charge in [-0.15, -0.1) is 0 Å². The molecule has 5 N–H and O–H groups in total. The van der Waals surface area contributed by atoms with Gasteiger partial charge in [0.1, 0.15) is 23.6 Å². The van der Waals surface area contributed by atoms with Crippen LogP contribution in [0.5, 0.6) is 5.88 Å². The van der Waals surface area contributed by atoms with Crippen molar-refractivity contribution in [2.75, 3.05) is 33.3 Å². The molecule has 0 spiro atoms. The number of alkyl halides is 12. The third-order valence-corrected chi connectivity index (χ3v) is 9.20. The number of aliphatic carboxylic acids is 3. The fraction of sp³-hybridized carbons (Fsp3) is 0.514. The highest BCUT2D eigenvalue weighted by atomic mass is 19.4. The van der Waals surface area contributed by atoms with Gasteiger partial charge in [-0.1, -0.05) is 0 Å². The average molecular weight is 953 g/mol. The molecule has 4 aromatic rings. The van der Waals surface area contributed by atoms with Crippen molar-refractivity contribution in [3.8, 4) is 23.2 Å². The maximum Gasteiger partial charge on any atom is 0.490 e. The zero-order chi connectivity index (χ0) is 49.1. The number of carbonyl (C=O) groups is 3. The molecule has 5 heterocycles. The highest BCUT2D eigenvalue weighted by Gasteiger charge is 2.48. The number of likely N-dealkylation sites (tertiary alicyclic amines) is 1. The van der Waals surface area contributed by atoms with Crippen molar-refractivity contribution >= 4 is 28.9 Å². The van der Waals surface area contributed by atoms with Crippen LogP contribution in [-0.4, -0.2) is 147 Å². The highest BCUT2D eigenvalue weighted by Crippen LogP contribution is 2.39. The van der Waals surface area contributed by atoms with Crippen molar-refractivity contribution in [2.45, 2.75) is 81.0 Å². The van der Waals surface area contributed by atoms with Crippen molar-refractivity contribution < 1.29 is 92.2 Å². The van der Waals surface area contributed by atoms with Crippen molar-refractivity contribution in [1.29, 1.82) is 5.26 Å². The van der Waals surface area contributed by atoms with Crippen LogP contribution in [0.15, 0.2) is 37.1 Å². The average Bonchev–Trinajstić information content (AvgIpc) is 3.87. The number of hydrogen-bond donors (Lipinski definition) is 5. The summed E-state index contributed by atoms with van der Waals surface area (Å²) in [5, 5.41) is 45.7. The molecule has 18 nitrogen and oxygen atoms in total. The minimum atomic E-state index is -5.08. The fourth-order valence-electron chi connectivity index (χ4n) is 6.23. The maximum absolute atomic E-state index is 13.5. The summed E-state index contributed by atoms with van der Waals surface area (Å²) in [6.07, 6.45) is -9.88. The molecule has 1 aliphatic heterocycles. The lowest BCUT2D eigenvalue weighted by atomic mass is 9.82. The number of aliphatic hydroxyl groups is 1. The molecule has 0 radical (unpaired) electrons. The Labute approximate surface area is 357 Å². The van der Waals surface area contributed by atoms with Gasteiger partial charge >= 0.3 is 42.6 Å². The van der Waals surface area contributed by atoms with Crippen LogP contribution < -0.4 is 4.74 Å². The Morgan fingerprint density at radius 2 is 1.46 bits per heavy atom. The van der Waals surface area contributed by atoms with E-state index in [-0.39, 0.29) is 36.9 Å². The summed E-state index contributed by atoms with van der Waals surface area (Å²) in [7, 11) is 1.69. The molecular weight excluding hydrogens is 916 g/mol. The predicted octanol–water partition coefficient (Wildman–Crippen LogP) is 5.27. The van der Waals surface area contributed by atoms with Gasteiger partial charge < -0.3 is 30.1 Å². The first-order valence-corrected chi connectivity index (χ1v) is 18.3. The van der Waals surface area contributed by atoms with Gasteiger partial charge in [0.05, 0.1) is 36.7 Å². The van der Waals surface area contributed by atoms with Crippen LogP contribution >= 0.6 is 0 Å². The van der Waals surface area contributed by atoms with E-state index in [1.807, 2.05) is 23.1 Å². The second-order valence-electron chi connectivity index (χ2n) is 14.0. The van der Waals surface area contributed by atoms with E-state index in [1.54, 1.807) is 18.1 Å². The van der Waals surface area contributed by atoms with E-state index in [0.29, 0.717) is 38.9 Å². The number of carboxylic acid groups (broad SMARTS) is 3. The Kier molecular flexibility index (Phi) is 17.6. The molecule has 1 saturated carbocycles. The highest BCUT2D eigenvalue weighted by molar-refractivity contribution is 5.90. The van der Waals surface area contributed by atoms with Crippen molar-refractivity contribution in [1.82, 2.24) is 44.5 Å². The molecule has 65 heavy (non-hydrogen) atoms. The molecule has 4 aromatic heterocycles. The number of nitrogens with zero attached hydrogens (tertiary/aromatic N) is 9. The second-order valence-corrected chi connectivity index (χ2v) is 14.0. The zero-order valence-electron chi connectivity index (χ0n) is 33.2. The zero-order valence-corrected chi connectivity index (χ0v) is 33.2. The number of aromatic amines is 1. The van der Waals surface area contributed by atoms with Gasteiger partial charge in [-0.25, -0.2) is 29.3 Å². The van der Waals surface area contributed by atoms with Crippen LogP contribution in [-0.2, 0) is 32.6 Å². The smallest absolute Gasteiger partial charge is 0.475 e. The third-order valence-electron chi connectivity index (χ3n) is 9.20. The topological polar surface area (TPSA) is 257 Å². The minimum absolute atomic E-state index is 0.0877. The first-order chi connectivity index (χ1) is 30.0. The minimum Gasteiger partial charge on any atom is -0.475 e. The van der Waals surface area contributed by atoms with Crippen LogP contribution in [0.4, 0.5) is 52.7 Å². The number of nitrogens with one attached hydrogen (secondary N) is 1. The number of aromatic nitrogens is 7. The number of ether oxygens (including phenoxy) is 1. The molecule has 1 aliphatic carbocycles. The van der Waals surface area contributed by atoms with E-state index in [2.05, 4.69) is 41.0 Å². The van der Waals surface area contributed by atoms with E-state index in [1.165, 1.54) is 12.4 Å². The van der Waals surface area contributed by atoms with E-state index >= 15 is 0 Å². The molecule has 0 aromatic carbocycles. The molecule has 2 fully saturated rings. The number of halogens is 12. The molecular formula is C35H36F12N10O8. The summed E-state index contributed by atoms with van der Waals surface area (Å²) in [5.41, 5.74) is 2.11. The quantitative estimate of drug-likeness (QED) is 0.127. The number of fused-ring (bicyclic) bond motifs is 1. The van der Waals surface area contributed by atoms with Gasteiger partial charge in [0, 0.05) is 61.6 Å². The number of nitriles is 1. The lowest BCUT2D eigenvalue weighted by Crippen LogP contribution is -2.65. The number of aliphatic hydroxyl groups excluding tert-OH is 1. The first kappa shape index (κ1) is 53.0. The second kappa shape index (κ2) is 21.6. The van der Waals surface area contributed by atoms with Gasteiger partial charge in [0.2, 0.25) is 11.7 Å². The molecule has 0 unspecified atom stereocenters. The van der Waals surface area contributed by atoms with E-state index in [4.69, 9.17) is 39.5 Å². The van der Waals surface area contributed by atoms with Gasteiger partial charge in [-0.2, -0.15) is 68.0 Å². The van der Waals surface area contributed by atoms with Crippen LogP contribution in [0.25, 0.3) is 22.3 Å². The summed E-state index contributed by atoms with van der Waals surface area (Å²) in [6, 6.07) is 5.98. The van der Waals surface area contributed by atoms with Gasteiger partial charge in [0.15, 0.2) is 0 Å². The van der Waals surface area contributed by atoms with Crippen LogP contribution in [0.1, 0.15) is 43.6 Å². The third kappa shape index (κ3) is 15.4. The number of H-pyrrole nitrogens is 1. The molecule has 0 amide bonds. The predicted molar refractivity (Wildman–Crippen MR) is 193 cm³/mol. The number of rotatable bonds is 10.